The minimum Gasteiger partial charge on any atom is -0.497 e. The van der Waals surface area contributed by atoms with Gasteiger partial charge in [-0.3, -0.25) is 4.79 Å². The molecule has 44 heavy (non-hydrogen) atoms. The lowest BCUT2D eigenvalue weighted by Crippen LogP contribution is -2.41. The normalized spacial score (nSPS) is 15.4. The summed E-state index contributed by atoms with van der Waals surface area (Å²) in [5.41, 5.74) is 2.86. The molecule has 1 N–H and O–H groups in total. The average Bonchev–Trinajstić information content (AvgIpc) is 3.47. The summed E-state index contributed by atoms with van der Waals surface area (Å²) < 4.78 is 50.8. The van der Waals surface area contributed by atoms with Crippen LogP contribution in [0.4, 0.5) is 13.2 Å². The van der Waals surface area contributed by atoms with Crippen LogP contribution in [-0.2, 0) is 15.1 Å². The molecule has 0 bridgehead atoms. The van der Waals surface area contributed by atoms with Crippen LogP contribution in [0.1, 0.15) is 67.9 Å². The first-order valence-electron chi connectivity index (χ1n) is 14.0. The number of carbonyl (C=O) groups excluding carboxylic acids is 2. The number of aryl methyl sites for hydroxylation is 2. The molecule has 2 aliphatic carbocycles. The molecule has 8 heteroatoms. The number of ketones is 1. The van der Waals surface area contributed by atoms with Crippen LogP contribution >= 0.6 is 0 Å². The number of aliphatic hydroxyl groups is 1. The highest BCUT2D eigenvalue weighted by molar-refractivity contribution is 6.22. The van der Waals surface area contributed by atoms with Gasteiger partial charge >= 0.3 is 12.1 Å². The van der Waals surface area contributed by atoms with E-state index in [1.807, 2.05) is 57.2 Å². The zero-order valence-corrected chi connectivity index (χ0v) is 25.3. The Bertz CT molecular complexity index is 1790. The van der Waals surface area contributed by atoms with Gasteiger partial charge in [0.15, 0.2) is 5.78 Å². The number of alkyl halides is 3. The van der Waals surface area contributed by atoms with E-state index in [2.05, 4.69) is 11.3 Å². The minimum absolute atomic E-state index is 0.0285. The maximum atomic E-state index is 13.7. The molecule has 1 atom stereocenters. The Labute approximate surface area is 254 Å². The predicted octanol–water partition coefficient (Wildman–Crippen LogP) is 8.41. The highest BCUT2D eigenvalue weighted by Gasteiger charge is 2.61. The fraction of sp³-hybridized carbons (Fsp3) is 0.222. The van der Waals surface area contributed by atoms with E-state index in [1.54, 1.807) is 20.1 Å². The highest BCUT2D eigenvalue weighted by atomic mass is 19.4. The second kappa shape index (κ2) is 12.1. The SMILES string of the molecule is C=C(OC)c1cc(C)c2c(c1)C(=O)c1ccccc1-2.CC.COC(=O)c1cc(C)c2c(c1)C(O)(C(F)(F)F)c1ccccc1-2. The van der Waals surface area contributed by atoms with E-state index in [4.69, 9.17) is 4.74 Å². The summed E-state index contributed by atoms with van der Waals surface area (Å²) in [5, 5.41) is 10.6. The monoisotopic (exact) mass is 602 g/mol. The largest absolute Gasteiger partial charge is 0.497 e. The molecule has 0 saturated carbocycles. The minimum atomic E-state index is -4.92. The number of halogens is 3. The van der Waals surface area contributed by atoms with Crippen LogP contribution in [0.25, 0.3) is 28.0 Å². The second-order valence-corrected chi connectivity index (χ2v) is 10.2. The van der Waals surface area contributed by atoms with Crippen LogP contribution < -0.4 is 0 Å². The van der Waals surface area contributed by atoms with Gasteiger partial charge in [0.25, 0.3) is 0 Å². The maximum absolute atomic E-state index is 13.7. The van der Waals surface area contributed by atoms with Gasteiger partial charge in [0.2, 0.25) is 5.60 Å². The lowest BCUT2D eigenvalue weighted by atomic mass is 9.89. The lowest BCUT2D eigenvalue weighted by molar-refractivity contribution is -0.246. The summed E-state index contributed by atoms with van der Waals surface area (Å²) >= 11 is 0. The van der Waals surface area contributed by atoms with Gasteiger partial charge in [-0.1, -0.05) is 69.0 Å². The van der Waals surface area contributed by atoms with Gasteiger partial charge in [0, 0.05) is 27.8 Å². The number of hydrogen-bond donors (Lipinski definition) is 1. The van der Waals surface area contributed by atoms with Crippen LogP contribution in [0.15, 0.2) is 79.4 Å². The highest BCUT2D eigenvalue weighted by Crippen LogP contribution is 2.56. The summed E-state index contributed by atoms with van der Waals surface area (Å²) in [6.45, 7) is 11.5. The molecule has 228 valence electrons. The van der Waals surface area contributed by atoms with Crippen molar-refractivity contribution >= 4 is 17.5 Å². The average molecular weight is 603 g/mol. The zero-order valence-electron chi connectivity index (χ0n) is 25.3. The molecule has 0 fully saturated rings. The number of benzene rings is 4. The van der Waals surface area contributed by atoms with Crippen LogP contribution in [0.3, 0.4) is 0 Å². The fourth-order valence-electron chi connectivity index (χ4n) is 5.78. The molecule has 0 aromatic heterocycles. The van der Waals surface area contributed by atoms with E-state index >= 15 is 0 Å². The van der Waals surface area contributed by atoms with Gasteiger partial charge in [-0.05, 0) is 71.5 Å². The van der Waals surface area contributed by atoms with Crippen LogP contribution in [0, 0.1) is 13.8 Å². The number of fused-ring (bicyclic) bond motifs is 6. The van der Waals surface area contributed by atoms with Crippen molar-refractivity contribution in [1.29, 1.82) is 0 Å². The number of rotatable bonds is 3. The fourth-order valence-corrected chi connectivity index (χ4v) is 5.78. The van der Waals surface area contributed by atoms with E-state index in [0.717, 1.165) is 46.6 Å². The summed E-state index contributed by atoms with van der Waals surface area (Å²) in [6, 6.07) is 20.0. The number of methoxy groups -OCH3 is 2. The van der Waals surface area contributed by atoms with Gasteiger partial charge in [-0.2, -0.15) is 13.2 Å². The van der Waals surface area contributed by atoms with Crippen molar-refractivity contribution in [1.82, 2.24) is 0 Å². The third-order valence-electron chi connectivity index (χ3n) is 7.73. The first-order valence-corrected chi connectivity index (χ1v) is 14.0. The molecule has 0 aliphatic heterocycles. The maximum Gasteiger partial charge on any atom is 0.425 e. The molecule has 4 aromatic rings. The summed E-state index contributed by atoms with van der Waals surface area (Å²) in [4.78, 5) is 24.1. The van der Waals surface area contributed by atoms with E-state index in [0.29, 0.717) is 22.4 Å². The predicted molar refractivity (Wildman–Crippen MR) is 164 cm³/mol. The van der Waals surface area contributed by atoms with Crippen molar-refractivity contribution in [3.63, 3.8) is 0 Å². The number of esters is 1. The standard InChI is InChI=1S/C17H13F3O3.C17H14O2.C2H6/c1-9-7-10(15(21)23-2)8-13-14(9)11-5-3-4-6-12(11)16(13,22)17(18,19)20;1-10-8-12(11(2)19-3)9-15-16(10)13-6-4-5-7-14(13)17(15)18;1-2/h3-8,22H,1-2H3;4-9H,2H2,1,3H3;1-2H3. The molecule has 1 unspecified atom stereocenters. The molecule has 0 saturated heterocycles. The first kappa shape index (κ1) is 32.2. The van der Waals surface area contributed by atoms with E-state index in [9.17, 15) is 27.9 Å². The Kier molecular flexibility index (Phi) is 8.88. The van der Waals surface area contributed by atoms with Crippen LogP contribution in [-0.4, -0.2) is 37.3 Å². The Morgan fingerprint density at radius 2 is 1.30 bits per heavy atom. The zero-order chi connectivity index (χ0) is 32.6. The second-order valence-electron chi connectivity index (χ2n) is 10.2. The van der Waals surface area contributed by atoms with E-state index in [1.165, 1.54) is 24.3 Å². The number of hydrogen-bond acceptors (Lipinski definition) is 5. The van der Waals surface area contributed by atoms with Gasteiger partial charge in [-0.25, -0.2) is 4.79 Å². The van der Waals surface area contributed by atoms with Gasteiger partial charge < -0.3 is 14.6 Å². The van der Waals surface area contributed by atoms with Crippen molar-refractivity contribution in [2.24, 2.45) is 0 Å². The Hall–Kier alpha value is -4.69. The molecule has 5 nitrogen and oxygen atoms in total. The molecular weight excluding hydrogens is 569 g/mol. The van der Waals surface area contributed by atoms with Crippen molar-refractivity contribution < 1.29 is 37.3 Å². The summed E-state index contributed by atoms with van der Waals surface area (Å²) in [6.07, 6.45) is -4.92. The van der Waals surface area contributed by atoms with Crippen molar-refractivity contribution in [2.45, 2.75) is 39.5 Å². The molecule has 0 amide bonds. The van der Waals surface area contributed by atoms with E-state index < -0.39 is 17.7 Å². The molecule has 0 radical (unpaired) electrons. The topological polar surface area (TPSA) is 72.8 Å². The Morgan fingerprint density at radius 1 is 0.750 bits per heavy atom. The molecule has 6 rings (SSSR count). The van der Waals surface area contributed by atoms with Crippen molar-refractivity contribution in [3.8, 4) is 22.3 Å². The van der Waals surface area contributed by atoms with Crippen molar-refractivity contribution in [2.75, 3.05) is 14.2 Å². The van der Waals surface area contributed by atoms with E-state index in [-0.39, 0.29) is 22.5 Å². The Morgan fingerprint density at radius 3 is 1.89 bits per heavy atom. The summed E-state index contributed by atoms with van der Waals surface area (Å²) in [5.74, 6) is -0.0921. The van der Waals surface area contributed by atoms with Crippen molar-refractivity contribution in [3.05, 3.63) is 124 Å². The Balaban J connectivity index is 0.000000193. The quantitative estimate of drug-likeness (QED) is 0.166. The van der Waals surface area contributed by atoms with Crippen LogP contribution in [0.5, 0.6) is 0 Å². The van der Waals surface area contributed by atoms with Crippen LogP contribution in [0.2, 0.25) is 0 Å². The smallest absolute Gasteiger partial charge is 0.425 e. The van der Waals surface area contributed by atoms with Gasteiger partial charge in [-0.15, -0.1) is 0 Å². The molecule has 2 aliphatic rings. The molecule has 0 heterocycles. The number of carbonyl (C=O) groups is 2. The lowest BCUT2D eigenvalue weighted by Gasteiger charge is -2.28. The van der Waals surface area contributed by atoms with Gasteiger partial charge in [0.1, 0.15) is 5.76 Å². The number of ether oxygens (including phenoxy) is 2. The molecule has 0 spiro atoms. The molecular formula is C36H33F3O5. The molecule has 4 aromatic carbocycles. The van der Waals surface area contributed by atoms with Gasteiger partial charge in [0.05, 0.1) is 19.8 Å². The summed E-state index contributed by atoms with van der Waals surface area (Å²) in [7, 11) is 2.73. The third kappa shape index (κ3) is 5.09. The third-order valence-corrected chi connectivity index (χ3v) is 7.73. The first-order chi connectivity index (χ1) is 20.8.